The van der Waals surface area contributed by atoms with Gasteiger partial charge in [0.2, 0.25) is 17.7 Å². The number of amides is 2. The number of nitrogens with one attached hydrogen (secondary N) is 2. The van der Waals surface area contributed by atoms with Crippen molar-refractivity contribution >= 4 is 27.5 Å². The van der Waals surface area contributed by atoms with Gasteiger partial charge in [0.05, 0.1) is 6.61 Å². The van der Waals surface area contributed by atoms with E-state index in [2.05, 4.69) is 20.8 Å². The summed E-state index contributed by atoms with van der Waals surface area (Å²) < 4.78 is 25.0. The van der Waals surface area contributed by atoms with Crippen LogP contribution in [0.25, 0.3) is 0 Å². The van der Waals surface area contributed by atoms with Gasteiger partial charge in [-0.2, -0.15) is 0 Å². The highest BCUT2D eigenvalue weighted by Crippen LogP contribution is 2.46. The van der Waals surface area contributed by atoms with Gasteiger partial charge in [0.1, 0.15) is 18.3 Å². The molecular formula is C24H29FN4O4S. The van der Waals surface area contributed by atoms with E-state index in [0.29, 0.717) is 28.6 Å². The Bertz CT molecular complexity index is 1160. The van der Waals surface area contributed by atoms with E-state index in [4.69, 9.17) is 9.15 Å². The topological polar surface area (TPSA) is 106 Å². The van der Waals surface area contributed by atoms with Gasteiger partial charge in [0, 0.05) is 24.6 Å². The molecule has 182 valence electrons. The Labute approximate surface area is 199 Å². The van der Waals surface area contributed by atoms with Crippen molar-refractivity contribution in [3.05, 3.63) is 71.2 Å². The second kappa shape index (κ2) is 10.8. The van der Waals surface area contributed by atoms with Crippen LogP contribution in [0.5, 0.6) is 0 Å². The normalized spacial score (nSPS) is 12.8. The molecular weight excluding hydrogens is 459 g/mol. The molecule has 2 aromatic carbocycles. The third-order valence-electron chi connectivity index (χ3n) is 4.93. The number of benzene rings is 2. The molecule has 0 spiro atoms. The Hall–Kier alpha value is -3.24. The van der Waals surface area contributed by atoms with Crippen LogP contribution in [0.1, 0.15) is 29.0 Å². The van der Waals surface area contributed by atoms with Gasteiger partial charge in [0.15, 0.2) is 0 Å². The number of carbonyl (C=O) groups excluding carboxylic acids is 2. The van der Waals surface area contributed by atoms with Gasteiger partial charge >= 0.3 is 0 Å². The van der Waals surface area contributed by atoms with E-state index in [1.807, 2.05) is 30.9 Å². The standard InChI is InChI=1S/C24H29FN4O4S/c1-15-28-29-22(33-15)13-21(30)27-23(17-8-6-16(7-9-17)14-32-2)24(31)26-18-10-11-20(19(25)12-18)34(3,4)5/h6-12,23H,13-14H2,1-5H3,(H,26,31)(H,27,30)/t23-/m1/s1. The van der Waals surface area contributed by atoms with Gasteiger partial charge in [-0.05, 0) is 48.1 Å². The minimum Gasteiger partial charge on any atom is -0.425 e. The number of hydrogen-bond acceptors (Lipinski definition) is 6. The Morgan fingerprint density at radius 3 is 2.38 bits per heavy atom. The van der Waals surface area contributed by atoms with Crippen molar-refractivity contribution in [2.45, 2.75) is 30.9 Å². The second-order valence-electron chi connectivity index (χ2n) is 8.54. The summed E-state index contributed by atoms with van der Waals surface area (Å²) in [4.78, 5) is 26.5. The molecule has 3 aromatic rings. The molecule has 0 unspecified atom stereocenters. The second-order valence-corrected chi connectivity index (χ2v) is 12.7. The first-order valence-electron chi connectivity index (χ1n) is 10.5. The lowest BCUT2D eigenvalue weighted by molar-refractivity contribution is -0.126. The zero-order chi connectivity index (χ0) is 24.9. The molecule has 0 aliphatic carbocycles. The summed E-state index contributed by atoms with van der Waals surface area (Å²) in [6, 6.07) is 10.7. The van der Waals surface area contributed by atoms with Gasteiger partial charge in [-0.1, -0.05) is 24.3 Å². The van der Waals surface area contributed by atoms with E-state index < -0.39 is 27.9 Å². The van der Waals surface area contributed by atoms with Gasteiger partial charge in [-0.3, -0.25) is 9.59 Å². The first kappa shape index (κ1) is 25.4. The summed E-state index contributed by atoms with van der Waals surface area (Å²) in [6.07, 6.45) is 5.80. The molecule has 8 nitrogen and oxygen atoms in total. The smallest absolute Gasteiger partial charge is 0.251 e. The summed E-state index contributed by atoms with van der Waals surface area (Å²) in [5, 5.41) is 12.9. The average molecular weight is 489 g/mol. The summed E-state index contributed by atoms with van der Waals surface area (Å²) in [5.74, 6) is -0.871. The lowest BCUT2D eigenvalue weighted by Crippen LogP contribution is -2.37. The average Bonchev–Trinajstić information content (AvgIpc) is 3.16. The predicted octanol–water partition coefficient (Wildman–Crippen LogP) is 3.76. The Balaban J connectivity index is 1.82. The molecule has 0 saturated heterocycles. The highest BCUT2D eigenvalue weighted by Gasteiger charge is 2.25. The molecule has 10 heteroatoms. The van der Waals surface area contributed by atoms with Gasteiger partial charge in [-0.15, -0.1) is 10.2 Å². The summed E-state index contributed by atoms with van der Waals surface area (Å²) in [5.41, 5.74) is 1.78. The fourth-order valence-electron chi connectivity index (χ4n) is 3.32. The van der Waals surface area contributed by atoms with E-state index in [1.165, 1.54) is 6.07 Å². The lowest BCUT2D eigenvalue weighted by atomic mass is 10.0. The number of methoxy groups -OCH3 is 1. The van der Waals surface area contributed by atoms with Gasteiger partial charge < -0.3 is 19.8 Å². The van der Waals surface area contributed by atoms with Crippen molar-refractivity contribution in [3.63, 3.8) is 0 Å². The molecule has 1 atom stereocenters. The predicted molar refractivity (Wildman–Crippen MR) is 129 cm³/mol. The molecule has 2 amide bonds. The summed E-state index contributed by atoms with van der Waals surface area (Å²) in [7, 11) is 0.327. The molecule has 0 bridgehead atoms. The Morgan fingerprint density at radius 2 is 1.82 bits per heavy atom. The number of nitrogens with zero attached hydrogens (tertiary/aromatic N) is 2. The highest BCUT2D eigenvalue weighted by molar-refractivity contribution is 8.32. The Morgan fingerprint density at radius 1 is 1.12 bits per heavy atom. The molecule has 34 heavy (non-hydrogen) atoms. The number of aromatic nitrogens is 2. The molecule has 0 saturated carbocycles. The van der Waals surface area contributed by atoms with E-state index in [9.17, 15) is 14.0 Å². The summed E-state index contributed by atoms with van der Waals surface area (Å²) in [6.45, 7) is 2.04. The van der Waals surface area contributed by atoms with Crippen molar-refractivity contribution in [3.8, 4) is 0 Å². The molecule has 1 aromatic heterocycles. The molecule has 0 aliphatic heterocycles. The van der Waals surface area contributed by atoms with Gasteiger partial charge in [-0.25, -0.2) is 14.4 Å². The highest BCUT2D eigenvalue weighted by atomic mass is 32.3. The van der Waals surface area contributed by atoms with Gasteiger partial charge in [0.25, 0.3) is 5.91 Å². The number of hydrogen-bond donors (Lipinski definition) is 2. The largest absolute Gasteiger partial charge is 0.425 e. The maximum absolute atomic E-state index is 14.7. The number of halogens is 1. The number of carbonyl (C=O) groups is 2. The van der Waals surface area contributed by atoms with Crippen LogP contribution in [0.4, 0.5) is 10.1 Å². The van der Waals surface area contributed by atoms with Crippen molar-refractivity contribution in [2.24, 2.45) is 0 Å². The van der Waals surface area contributed by atoms with Crippen LogP contribution < -0.4 is 10.6 Å². The number of anilines is 1. The minimum absolute atomic E-state index is 0.145. The van der Waals surface area contributed by atoms with Crippen LogP contribution in [0, 0.1) is 12.7 Å². The third kappa shape index (κ3) is 6.64. The number of ether oxygens (including phenoxy) is 1. The molecule has 1 heterocycles. The van der Waals surface area contributed by atoms with E-state index in [-0.39, 0.29) is 18.1 Å². The molecule has 3 rings (SSSR count). The maximum atomic E-state index is 14.7. The number of rotatable bonds is 9. The fourth-order valence-corrected chi connectivity index (χ4v) is 4.44. The SMILES string of the molecule is COCc1ccc([C@@H](NC(=O)Cc2nnc(C)o2)C(=O)Nc2ccc(S(C)(C)C)c(F)c2)cc1. The third-order valence-corrected chi connectivity index (χ3v) is 6.58. The first-order chi connectivity index (χ1) is 16.1. The van der Waals surface area contributed by atoms with E-state index >= 15 is 0 Å². The van der Waals surface area contributed by atoms with Crippen LogP contribution in [0.3, 0.4) is 0 Å². The maximum Gasteiger partial charge on any atom is 0.251 e. The minimum atomic E-state index is -1.27. The van der Waals surface area contributed by atoms with Crippen LogP contribution in [-0.2, 0) is 27.4 Å². The zero-order valence-corrected chi connectivity index (χ0v) is 20.7. The molecule has 0 fully saturated rings. The molecule has 0 aliphatic rings. The fraction of sp³-hybridized carbons (Fsp3) is 0.333. The Kier molecular flexibility index (Phi) is 8.06. The van der Waals surface area contributed by atoms with Crippen LogP contribution in [-0.4, -0.2) is 47.9 Å². The van der Waals surface area contributed by atoms with E-state index in [1.54, 1.807) is 38.3 Å². The number of aryl methyl sites for hydroxylation is 1. The van der Waals surface area contributed by atoms with Crippen molar-refractivity contribution in [1.29, 1.82) is 0 Å². The molecule has 0 radical (unpaired) electrons. The monoisotopic (exact) mass is 488 g/mol. The first-order valence-corrected chi connectivity index (χ1v) is 13.4. The van der Waals surface area contributed by atoms with Crippen LogP contribution in [0.15, 0.2) is 51.8 Å². The zero-order valence-electron chi connectivity index (χ0n) is 19.8. The lowest BCUT2D eigenvalue weighted by Gasteiger charge is -2.26. The van der Waals surface area contributed by atoms with E-state index in [0.717, 1.165) is 5.56 Å². The summed E-state index contributed by atoms with van der Waals surface area (Å²) >= 11 is 0. The van der Waals surface area contributed by atoms with Crippen molar-refractivity contribution in [1.82, 2.24) is 15.5 Å². The van der Waals surface area contributed by atoms with Crippen LogP contribution >= 0.6 is 10.0 Å². The quantitative estimate of drug-likeness (QED) is 0.475. The van der Waals surface area contributed by atoms with Crippen LogP contribution in [0.2, 0.25) is 0 Å². The van der Waals surface area contributed by atoms with Crippen molar-refractivity contribution < 1.29 is 23.1 Å². The van der Waals surface area contributed by atoms with Crippen molar-refractivity contribution in [2.75, 3.05) is 31.2 Å². The molecule has 2 N–H and O–H groups in total.